The molecule has 57 heavy (non-hydrogen) atoms. The fraction of sp³-hybridized carbons (Fsp3) is 0.0238. The number of imidazole rings is 2. The Labute approximate surface area is 344 Å². The van der Waals surface area contributed by atoms with E-state index in [-0.39, 0.29) is 11.8 Å². The maximum Gasteiger partial charge on any atom is 0.256 e. The van der Waals surface area contributed by atoms with Crippen molar-refractivity contribution in [1.29, 1.82) is 0 Å². The summed E-state index contributed by atoms with van der Waals surface area (Å²) >= 11 is 25.1. The Morgan fingerprint density at radius 3 is 1.56 bits per heavy atom. The molecule has 4 aromatic heterocycles. The number of pyridine rings is 1. The van der Waals surface area contributed by atoms with Gasteiger partial charge in [-0.15, -0.1) is 0 Å². The van der Waals surface area contributed by atoms with E-state index in [1.54, 1.807) is 103 Å². The van der Waals surface area contributed by atoms with Gasteiger partial charge in [0.1, 0.15) is 17.5 Å². The van der Waals surface area contributed by atoms with Gasteiger partial charge in [-0.2, -0.15) is 0 Å². The molecule has 0 saturated heterocycles. The second-order valence-electron chi connectivity index (χ2n) is 12.7. The van der Waals surface area contributed by atoms with Crippen molar-refractivity contribution in [2.24, 2.45) is 0 Å². The summed E-state index contributed by atoms with van der Waals surface area (Å²) in [4.78, 5) is 53.5. The summed E-state index contributed by atoms with van der Waals surface area (Å²) in [5.41, 5.74) is 8.02. The van der Waals surface area contributed by atoms with Gasteiger partial charge in [-0.05, 0) is 97.9 Å². The molecule has 5 aromatic carbocycles. The number of carbonyl (C=O) groups excluding carboxylic acids is 2. The number of benzene rings is 5. The second kappa shape index (κ2) is 16.0. The van der Waals surface area contributed by atoms with E-state index in [1.165, 1.54) is 0 Å². The van der Waals surface area contributed by atoms with E-state index < -0.39 is 0 Å². The molecule has 9 rings (SSSR count). The number of nitrogens with one attached hydrogen (secondary N) is 4. The van der Waals surface area contributed by atoms with Gasteiger partial charge in [-0.25, -0.2) is 15.0 Å². The van der Waals surface area contributed by atoms with Crippen LogP contribution >= 0.6 is 46.4 Å². The second-order valence-corrected chi connectivity index (χ2v) is 14.3. The van der Waals surface area contributed by atoms with Gasteiger partial charge in [-0.3, -0.25) is 19.6 Å². The van der Waals surface area contributed by atoms with Crippen molar-refractivity contribution in [3.05, 3.63) is 158 Å². The molecule has 9 aromatic rings. The number of aromatic nitrogens is 7. The molecule has 0 fully saturated rings. The van der Waals surface area contributed by atoms with Crippen LogP contribution in [0, 0.1) is 6.92 Å². The van der Waals surface area contributed by atoms with Gasteiger partial charge < -0.3 is 20.6 Å². The van der Waals surface area contributed by atoms with E-state index in [0.717, 1.165) is 11.2 Å². The lowest BCUT2D eigenvalue weighted by atomic mass is 10.2. The Kier molecular flexibility index (Phi) is 10.5. The van der Waals surface area contributed by atoms with Crippen LogP contribution in [0.2, 0.25) is 20.1 Å². The van der Waals surface area contributed by atoms with Crippen molar-refractivity contribution in [3.8, 4) is 22.8 Å². The van der Waals surface area contributed by atoms with E-state index in [0.29, 0.717) is 93.1 Å². The topological polar surface area (TPSA) is 154 Å². The Hall–Kier alpha value is -6.37. The largest absolute Gasteiger partial charge is 0.338 e. The molecule has 15 heteroatoms. The average Bonchev–Trinajstić information content (AvgIpc) is 3.81. The first-order valence-corrected chi connectivity index (χ1v) is 18.8. The fourth-order valence-corrected chi connectivity index (χ4v) is 7.18. The van der Waals surface area contributed by atoms with Crippen LogP contribution in [0.1, 0.15) is 26.4 Å². The smallest absolute Gasteiger partial charge is 0.256 e. The first-order chi connectivity index (χ1) is 27.6. The van der Waals surface area contributed by atoms with Gasteiger partial charge in [0.2, 0.25) is 0 Å². The summed E-state index contributed by atoms with van der Waals surface area (Å²) < 4.78 is 0. The number of nitrogens with zero attached hydrogens (tertiary/aromatic N) is 5. The third-order valence-corrected chi connectivity index (χ3v) is 10.0. The highest BCUT2D eigenvalue weighted by Crippen LogP contribution is 2.35. The number of amides is 2. The Bertz CT molecular complexity index is 2960. The van der Waals surface area contributed by atoms with Crippen molar-refractivity contribution in [1.82, 2.24) is 34.9 Å². The van der Waals surface area contributed by atoms with Gasteiger partial charge in [0.15, 0.2) is 0 Å². The average molecular weight is 832 g/mol. The Morgan fingerprint density at radius 2 is 1.02 bits per heavy atom. The lowest BCUT2D eigenvalue weighted by Crippen LogP contribution is -2.13. The van der Waals surface area contributed by atoms with Crippen LogP contribution in [0.15, 0.2) is 122 Å². The molecule has 0 aliphatic carbocycles. The number of carbonyl (C=O) groups is 2. The first kappa shape index (κ1) is 37.5. The minimum absolute atomic E-state index is 0.243. The molecule has 0 unspecified atom stereocenters. The maximum atomic E-state index is 12.8. The number of rotatable bonds is 6. The summed E-state index contributed by atoms with van der Waals surface area (Å²) in [5, 5.41) is 7.69. The number of aryl methyl sites for hydroxylation is 1. The quantitative estimate of drug-likeness (QED) is 0.130. The van der Waals surface area contributed by atoms with Crippen molar-refractivity contribution in [2.75, 3.05) is 10.6 Å². The number of aromatic amines is 2. The summed E-state index contributed by atoms with van der Waals surface area (Å²) in [6.07, 6.45) is 3.24. The highest BCUT2D eigenvalue weighted by atomic mass is 35.5. The molecule has 11 nitrogen and oxygen atoms in total. The minimum Gasteiger partial charge on any atom is -0.338 e. The minimum atomic E-state index is -0.248. The van der Waals surface area contributed by atoms with Crippen LogP contribution in [0.5, 0.6) is 0 Å². The highest BCUT2D eigenvalue weighted by molar-refractivity contribution is 6.39. The van der Waals surface area contributed by atoms with E-state index >= 15 is 0 Å². The summed E-state index contributed by atoms with van der Waals surface area (Å²) in [7, 11) is 0. The monoisotopic (exact) mass is 829 g/mol. The predicted octanol–water partition coefficient (Wildman–Crippen LogP) is 11.2. The zero-order valence-corrected chi connectivity index (χ0v) is 32.6. The van der Waals surface area contributed by atoms with Crippen LogP contribution in [-0.2, 0) is 0 Å². The standard InChI is InChI=1S/C22H13Cl2N5O.C20H14Cl2N4O/c23-14-2-1-3-15(24)20(14)21-28-17-6-4-12(10-19(17)29-21)22(30)27-13-5-7-16-18(11-13)26-9-8-25-16;1-11-4-2-7-17(23-11)26-20(27)12-8-9-15-16(10-12)25-19(24-15)18-13(21)5-3-6-14(18)22/h1-11H,(H,27,30)(H,28,29);2-10H,1H3,(H,24,25)(H,23,26,27). The molecule has 2 amide bonds. The molecular formula is C42H27Cl4N9O2. The summed E-state index contributed by atoms with van der Waals surface area (Å²) in [6, 6.07) is 31.9. The third kappa shape index (κ3) is 8.14. The Morgan fingerprint density at radius 1 is 0.526 bits per heavy atom. The molecule has 4 N–H and O–H groups in total. The van der Waals surface area contributed by atoms with Crippen molar-refractivity contribution in [3.63, 3.8) is 0 Å². The lowest BCUT2D eigenvalue weighted by Gasteiger charge is -2.06. The molecule has 280 valence electrons. The van der Waals surface area contributed by atoms with Crippen LogP contribution in [-0.4, -0.2) is 46.7 Å². The summed E-state index contributed by atoms with van der Waals surface area (Å²) in [6.45, 7) is 1.87. The SMILES string of the molecule is Cc1cccc(NC(=O)c2ccc3nc(-c4c(Cl)cccc4Cl)[nH]c3c2)n1.O=C(Nc1ccc2nccnc2c1)c1ccc2nc(-c3c(Cl)cccc3Cl)[nH]c2c1. The van der Waals surface area contributed by atoms with E-state index in [2.05, 4.69) is 45.5 Å². The fourth-order valence-electron chi connectivity index (χ4n) is 6.03. The number of anilines is 2. The highest BCUT2D eigenvalue weighted by Gasteiger charge is 2.16. The Balaban J connectivity index is 0.000000161. The van der Waals surface area contributed by atoms with Crippen molar-refractivity contribution < 1.29 is 9.59 Å². The van der Waals surface area contributed by atoms with E-state index in [4.69, 9.17) is 46.4 Å². The predicted molar refractivity (Wildman–Crippen MR) is 228 cm³/mol. The number of halogens is 4. The van der Waals surface area contributed by atoms with E-state index in [9.17, 15) is 9.59 Å². The van der Waals surface area contributed by atoms with Gasteiger partial charge in [0, 0.05) is 34.9 Å². The van der Waals surface area contributed by atoms with Crippen molar-refractivity contribution >= 4 is 103 Å². The molecule has 0 saturated carbocycles. The lowest BCUT2D eigenvalue weighted by molar-refractivity contribution is 0.101. The van der Waals surface area contributed by atoms with Crippen LogP contribution < -0.4 is 10.6 Å². The molecule has 0 aliphatic heterocycles. The van der Waals surface area contributed by atoms with Crippen molar-refractivity contribution in [2.45, 2.75) is 6.92 Å². The van der Waals surface area contributed by atoms with Crippen LogP contribution in [0.3, 0.4) is 0 Å². The third-order valence-electron chi connectivity index (χ3n) is 8.74. The van der Waals surface area contributed by atoms with Crippen LogP contribution in [0.25, 0.3) is 55.9 Å². The molecule has 0 bridgehead atoms. The molecule has 4 heterocycles. The molecule has 0 radical (unpaired) electrons. The van der Waals surface area contributed by atoms with Gasteiger partial charge >= 0.3 is 0 Å². The zero-order valence-electron chi connectivity index (χ0n) is 29.6. The van der Waals surface area contributed by atoms with Gasteiger partial charge in [0.05, 0.1) is 64.3 Å². The molecule has 0 atom stereocenters. The zero-order chi connectivity index (χ0) is 39.6. The van der Waals surface area contributed by atoms with Gasteiger partial charge in [-0.1, -0.05) is 64.6 Å². The van der Waals surface area contributed by atoms with Crippen LogP contribution in [0.4, 0.5) is 11.5 Å². The number of hydrogen-bond acceptors (Lipinski definition) is 7. The number of H-pyrrole nitrogens is 2. The van der Waals surface area contributed by atoms with Gasteiger partial charge in [0.25, 0.3) is 11.8 Å². The first-order valence-electron chi connectivity index (χ1n) is 17.2. The normalized spacial score (nSPS) is 11.0. The van der Waals surface area contributed by atoms with E-state index in [1.807, 2.05) is 25.1 Å². The molecular weight excluding hydrogens is 804 g/mol. The number of hydrogen-bond donors (Lipinski definition) is 4. The number of fused-ring (bicyclic) bond motifs is 3. The summed E-state index contributed by atoms with van der Waals surface area (Å²) in [5.74, 6) is 1.12. The molecule has 0 aliphatic rings. The molecule has 0 spiro atoms. The maximum absolute atomic E-state index is 12.8.